The van der Waals surface area contributed by atoms with Gasteiger partial charge in [0.1, 0.15) is 5.54 Å². The zero-order valence-corrected chi connectivity index (χ0v) is 13.5. The number of hydrogen-bond acceptors (Lipinski definition) is 6. The number of nitrogens with zero attached hydrogens (tertiary/aromatic N) is 2. The van der Waals surface area contributed by atoms with E-state index >= 15 is 0 Å². The van der Waals surface area contributed by atoms with Crippen molar-refractivity contribution in [2.24, 2.45) is 5.92 Å². The number of methoxy groups -OCH3 is 1. The maximum atomic E-state index is 12.0. The monoisotopic (exact) mass is 321 g/mol. The second-order valence-electron chi connectivity index (χ2n) is 5.40. The van der Waals surface area contributed by atoms with Crippen LogP contribution >= 0.6 is 0 Å². The van der Waals surface area contributed by atoms with Crippen LogP contribution in [0.15, 0.2) is 18.2 Å². The minimum absolute atomic E-state index is 0.0834. The molecule has 124 valence electrons. The zero-order chi connectivity index (χ0) is 17.6. The Kier molecular flexibility index (Phi) is 5.90. The average Bonchev–Trinajstić information content (AvgIpc) is 2.52. The Morgan fingerprint density at radius 1 is 1.48 bits per heavy atom. The number of benzene rings is 1. The summed E-state index contributed by atoms with van der Waals surface area (Å²) in [7, 11) is 1.39. The number of carbonyl (C=O) groups is 1. The van der Waals surface area contributed by atoms with Crippen molar-refractivity contribution in [2.45, 2.75) is 26.3 Å². The van der Waals surface area contributed by atoms with Gasteiger partial charge in [-0.15, -0.1) is 0 Å². The summed E-state index contributed by atoms with van der Waals surface area (Å²) in [6.07, 6.45) is 0. The molecule has 0 heterocycles. The molecular weight excluding hydrogens is 302 g/mol. The van der Waals surface area contributed by atoms with Gasteiger partial charge in [-0.1, -0.05) is 13.8 Å². The summed E-state index contributed by atoms with van der Waals surface area (Å²) in [5, 5.41) is 22.5. The first-order valence-electron chi connectivity index (χ1n) is 6.91. The van der Waals surface area contributed by atoms with Crippen LogP contribution in [-0.4, -0.2) is 30.1 Å². The SMILES string of the molecule is COc1ccc([N+](=O)[O-])cc1OCC(=O)NC(C)(C#N)C(C)C. The predicted octanol–water partition coefficient (Wildman–Crippen LogP) is 2.04. The lowest BCUT2D eigenvalue weighted by molar-refractivity contribution is -0.385. The molecule has 1 N–H and O–H groups in total. The summed E-state index contributed by atoms with van der Waals surface area (Å²) in [6.45, 7) is 4.85. The van der Waals surface area contributed by atoms with E-state index in [-0.39, 0.29) is 29.7 Å². The number of hydrogen-bond donors (Lipinski definition) is 1. The van der Waals surface area contributed by atoms with Gasteiger partial charge in [0, 0.05) is 6.07 Å². The normalized spacial score (nSPS) is 12.9. The third-order valence-corrected chi connectivity index (χ3v) is 3.50. The molecule has 0 fully saturated rings. The number of nitriles is 1. The number of carbonyl (C=O) groups excluding carboxylic acids is 1. The molecule has 1 atom stereocenters. The van der Waals surface area contributed by atoms with E-state index in [0.29, 0.717) is 0 Å². The number of rotatable bonds is 7. The third kappa shape index (κ3) is 4.57. The molecule has 1 rings (SSSR count). The van der Waals surface area contributed by atoms with E-state index in [1.165, 1.54) is 25.3 Å². The Hall–Kier alpha value is -2.82. The molecule has 8 heteroatoms. The summed E-state index contributed by atoms with van der Waals surface area (Å²) < 4.78 is 10.3. The summed E-state index contributed by atoms with van der Waals surface area (Å²) >= 11 is 0. The zero-order valence-electron chi connectivity index (χ0n) is 13.5. The van der Waals surface area contributed by atoms with Gasteiger partial charge in [0.2, 0.25) is 0 Å². The Morgan fingerprint density at radius 2 is 2.13 bits per heavy atom. The van der Waals surface area contributed by atoms with E-state index in [0.717, 1.165) is 0 Å². The van der Waals surface area contributed by atoms with Gasteiger partial charge in [0.05, 0.1) is 24.2 Å². The van der Waals surface area contributed by atoms with Crippen molar-refractivity contribution in [3.05, 3.63) is 28.3 Å². The van der Waals surface area contributed by atoms with Crippen LogP contribution in [0.4, 0.5) is 5.69 Å². The number of amides is 1. The molecule has 0 aliphatic carbocycles. The molecule has 0 radical (unpaired) electrons. The van der Waals surface area contributed by atoms with Crippen molar-refractivity contribution < 1.29 is 19.2 Å². The maximum Gasteiger partial charge on any atom is 0.273 e. The van der Waals surface area contributed by atoms with Crippen molar-refractivity contribution in [3.8, 4) is 17.6 Å². The van der Waals surface area contributed by atoms with E-state index in [9.17, 15) is 14.9 Å². The highest BCUT2D eigenvalue weighted by atomic mass is 16.6. The van der Waals surface area contributed by atoms with Crippen LogP contribution in [0, 0.1) is 27.4 Å². The van der Waals surface area contributed by atoms with Gasteiger partial charge in [-0.05, 0) is 18.9 Å². The second-order valence-corrected chi connectivity index (χ2v) is 5.40. The fourth-order valence-corrected chi connectivity index (χ4v) is 1.66. The smallest absolute Gasteiger partial charge is 0.273 e. The van der Waals surface area contributed by atoms with Gasteiger partial charge in [-0.2, -0.15) is 5.26 Å². The lowest BCUT2D eigenvalue weighted by Crippen LogP contribution is -2.50. The number of nitrogens with one attached hydrogen (secondary N) is 1. The Morgan fingerprint density at radius 3 is 2.61 bits per heavy atom. The Labute approximate surface area is 134 Å². The molecule has 0 aromatic heterocycles. The first-order valence-corrected chi connectivity index (χ1v) is 6.91. The van der Waals surface area contributed by atoms with Crippen molar-refractivity contribution in [1.82, 2.24) is 5.32 Å². The highest BCUT2D eigenvalue weighted by Gasteiger charge is 2.30. The van der Waals surface area contributed by atoms with Gasteiger partial charge in [-0.25, -0.2) is 0 Å². The third-order valence-electron chi connectivity index (χ3n) is 3.50. The molecule has 0 saturated heterocycles. The molecule has 23 heavy (non-hydrogen) atoms. The second kappa shape index (κ2) is 7.45. The summed E-state index contributed by atoms with van der Waals surface area (Å²) in [5.74, 6) is -0.240. The lowest BCUT2D eigenvalue weighted by atomic mass is 9.90. The first kappa shape index (κ1) is 18.2. The molecule has 0 bridgehead atoms. The Bertz CT molecular complexity index is 638. The summed E-state index contributed by atoms with van der Waals surface area (Å²) in [5.41, 5.74) is -1.20. The van der Waals surface area contributed by atoms with Crippen LogP contribution in [-0.2, 0) is 4.79 Å². The molecule has 1 amide bonds. The predicted molar refractivity (Wildman–Crippen MR) is 82.1 cm³/mol. The van der Waals surface area contributed by atoms with E-state index in [1.807, 2.05) is 13.8 Å². The van der Waals surface area contributed by atoms with Crippen LogP contribution in [0.25, 0.3) is 0 Å². The van der Waals surface area contributed by atoms with Crippen molar-refractivity contribution in [2.75, 3.05) is 13.7 Å². The number of ether oxygens (including phenoxy) is 2. The maximum absolute atomic E-state index is 12.0. The molecule has 0 spiro atoms. The van der Waals surface area contributed by atoms with E-state index < -0.39 is 16.4 Å². The van der Waals surface area contributed by atoms with Gasteiger partial charge in [0.25, 0.3) is 11.6 Å². The molecule has 1 aromatic rings. The number of nitro benzene ring substituents is 1. The largest absolute Gasteiger partial charge is 0.493 e. The van der Waals surface area contributed by atoms with Crippen LogP contribution in [0.1, 0.15) is 20.8 Å². The summed E-state index contributed by atoms with van der Waals surface area (Å²) in [6, 6.07) is 5.89. The van der Waals surface area contributed by atoms with Crippen molar-refractivity contribution >= 4 is 11.6 Å². The van der Waals surface area contributed by atoms with Gasteiger partial charge >= 0.3 is 0 Å². The molecule has 1 unspecified atom stereocenters. The van der Waals surface area contributed by atoms with E-state index in [4.69, 9.17) is 14.7 Å². The standard InChI is InChI=1S/C15H19N3O5/c1-10(2)15(3,9-16)17-14(19)8-23-13-7-11(18(20)21)5-6-12(13)22-4/h5-7,10H,8H2,1-4H3,(H,17,19). The van der Waals surface area contributed by atoms with Crippen LogP contribution in [0.2, 0.25) is 0 Å². The van der Waals surface area contributed by atoms with Crippen LogP contribution < -0.4 is 14.8 Å². The number of nitro groups is 1. The van der Waals surface area contributed by atoms with Crippen LogP contribution in [0.5, 0.6) is 11.5 Å². The van der Waals surface area contributed by atoms with Crippen LogP contribution in [0.3, 0.4) is 0 Å². The molecular formula is C15H19N3O5. The Balaban J connectivity index is 2.82. The van der Waals surface area contributed by atoms with Gasteiger partial charge in [-0.3, -0.25) is 14.9 Å². The van der Waals surface area contributed by atoms with E-state index in [2.05, 4.69) is 11.4 Å². The minimum Gasteiger partial charge on any atom is -0.493 e. The number of non-ortho nitro benzene ring substituents is 1. The molecule has 1 aromatic carbocycles. The average molecular weight is 321 g/mol. The molecule has 0 saturated carbocycles. The molecule has 8 nitrogen and oxygen atoms in total. The topological polar surface area (TPSA) is 114 Å². The fourth-order valence-electron chi connectivity index (χ4n) is 1.66. The van der Waals surface area contributed by atoms with Gasteiger partial charge in [0.15, 0.2) is 18.1 Å². The fraction of sp³-hybridized carbons (Fsp3) is 0.467. The molecule has 0 aliphatic heterocycles. The van der Waals surface area contributed by atoms with Crippen molar-refractivity contribution in [3.63, 3.8) is 0 Å². The van der Waals surface area contributed by atoms with E-state index in [1.54, 1.807) is 6.92 Å². The lowest BCUT2D eigenvalue weighted by Gasteiger charge is -2.27. The van der Waals surface area contributed by atoms with Gasteiger partial charge < -0.3 is 14.8 Å². The molecule has 0 aliphatic rings. The summed E-state index contributed by atoms with van der Waals surface area (Å²) in [4.78, 5) is 22.2. The highest BCUT2D eigenvalue weighted by Crippen LogP contribution is 2.31. The minimum atomic E-state index is -1.02. The first-order chi connectivity index (χ1) is 10.7. The highest BCUT2D eigenvalue weighted by molar-refractivity contribution is 5.79. The van der Waals surface area contributed by atoms with Crippen molar-refractivity contribution in [1.29, 1.82) is 5.26 Å². The quantitative estimate of drug-likeness (QED) is 0.607.